The van der Waals surface area contributed by atoms with Gasteiger partial charge in [-0.05, 0) is 37.1 Å². The molecule has 0 aliphatic carbocycles. The number of aromatic nitrogens is 2. The summed E-state index contributed by atoms with van der Waals surface area (Å²) in [5.74, 6) is -0.122. The van der Waals surface area contributed by atoms with Gasteiger partial charge in [-0.2, -0.15) is 5.10 Å². The van der Waals surface area contributed by atoms with E-state index < -0.39 is 6.10 Å². The maximum Gasteiger partial charge on any atom is 0.253 e. The molecule has 2 aromatic rings. The fourth-order valence-corrected chi connectivity index (χ4v) is 2.44. The Bertz CT molecular complexity index is 612. The summed E-state index contributed by atoms with van der Waals surface area (Å²) in [6.07, 6.45) is 4.70. The van der Waals surface area contributed by atoms with Gasteiger partial charge < -0.3 is 15.8 Å². The van der Waals surface area contributed by atoms with E-state index in [-0.39, 0.29) is 12.0 Å². The highest BCUT2D eigenvalue weighted by Gasteiger charge is 2.29. The van der Waals surface area contributed by atoms with Crippen molar-refractivity contribution in [1.82, 2.24) is 9.78 Å². The molecule has 0 saturated carbocycles. The molecule has 1 aromatic heterocycles. The van der Waals surface area contributed by atoms with E-state index in [1.807, 2.05) is 36.5 Å². The van der Waals surface area contributed by atoms with Crippen LogP contribution in [0.4, 0.5) is 5.69 Å². The van der Waals surface area contributed by atoms with Crippen LogP contribution < -0.4 is 11.1 Å². The molecule has 1 amide bonds. The summed E-state index contributed by atoms with van der Waals surface area (Å²) in [6.45, 7) is 0.457. The minimum Gasteiger partial charge on any atom is -0.364 e. The van der Waals surface area contributed by atoms with Crippen molar-refractivity contribution < 1.29 is 9.53 Å². The Morgan fingerprint density at radius 1 is 1.43 bits per heavy atom. The summed E-state index contributed by atoms with van der Waals surface area (Å²) in [4.78, 5) is 12.2. The van der Waals surface area contributed by atoms with E-state index in [2.05, 4.69) is 10.4 Å². The molecule has 0 spiro atoms. The molecule has 6 heteroatoms. The highest BCUT2D eigenvalue weighted by Crippen LogP contribution is 2.21. The lowest BCUT2D eigenvalue weighted by molar-refractivity contribution is -0.126. The number of hydrogen-bond donors (Lipinski definition) is 2. The van der Waals surface area contributed by atoms with Crippen LogP contribution in [0.3, 0.4) is 0 Å². The fraction of sp³-hybridized carbons (Fsp3) is 0.333. The van der Waals surface area contributed by atoms with E-state index in [0.717, 1.165) is 17.8 Å². The molecule has 0 bridgehead atoms. The summed E-state index contributed by atoms with van der Waals surface area (Å²) in [6, 6.07) is 9.38. The Morgan fingerprint density at radius 3 is 3.05 bits per heavy atom. The molecule has 2 atom stereocenters. The van der Waals surface area contributed by atoms with Crippen LogP contribution in [0.15, 0.2) is 42.7 Å². The van der Waals surface area contributed by atoms with E-state index in [4.69, 9.17) is 10.5 Å². The highest BCUT2D eigenvalue weighted by atomic mass is 16.5. The lowest BCUT2D eigenvalue weighted by Crippen LogP contribution is -2.29. The first-order valence-corrected chi connectivity index (χ1v) is 7.03. The lowest BCUT2D eigenvalue weighted by Gasteiger charge is -2.13. The molecule has 3 rings (SSSR count). The number of rotatable bonds is 4. The van der Waals surface area contributed by atoms with E-state index >= 15 is 0 Å². The van der Waals surface area contributed by atoms with Gasteiger partial charge >= 0.3 is 0 Å². The molecule has 2 heterocycles. The second kappa shape index (κ2) is 6.07. The number of carbonyl (C=O) groups excluding carboxylic acids is 1. The Kier molecular flexibility index (Phi) is 3.98. The van der Waals surface area contributed by atoms with Crippen LogP contribution in [0.25, 0.3) is 5.69 Å². The molecule has 6 nitrogen and oxygen atoms in total. The number of nitrogens with zero attached hydrogens (tertiary/aromatic N) is 2. The predicted molar refractivity (Wildman–Crippen MR) is 79.1 cm³/mol. The standard InChI is InChI=1S/C15H18N4O2/c16-10-13-5-6-14(21-13)15(20)18-11-3-1-4-12(9-11)19-8-2-7-17-19/h1-4,7-9,13-14H,5-6,10,16H2,(H,18,20). The molecule has 3 N–H and O–H groups in total. The van der Waals surface area contributed by atoms with E-state index in [9.17, 15) is 4.79 Å². The first-order chi connectivity index (χ1) is 10.3. The molecule has 1 aromatic carbocycles. The lowest BCUT2D eigenvalue weighted by atomic mass is 10.2. The van der Waals surface area contributed by atoms with Crippen molar-refractivity contribution in [3.8, 4) is 5.69 Å². The Balaban J connectivity index is 1.68. The average molecular weight is 286 g/mol. The third kappa shape index (κ3) is 3.12. The van der Waals surface area contributed by atoms with Gasteiger partial charge in [-0.15, -0.1) is 0 Å². The summed E-state index contributed by atoms with van der Waals surface area (Å²) in [5.41, 5.74) is 7.18. The van der Waals surface area contributed by atoms with Crippen molar-refractivity contribution in [2.45, 2.75) is 25.0 Å². The number of benzene rings is 1. The van der Waals surface area contributed by atoms with Crippen molar-refractivity contribution in [1.29, 1.82) is 0 Å². The third-order valence-corrected chi connectivity index (χ3v) is 3.55. The zero-order chi connectivity index (χ0) is 14.7. The first kappa shape index (κ1) is 13.8. The van der Waals surface area contributed by atoms with Gasteiger partial charge in [-0.1, -0.05) is 6.07 Å². The molecule has 110 valence electrons. The van der Waals surface area contributed by atoms with Gasteiger partial charge in [0.2, 0.25) is 0 Å². The van der Waals surface area contributed by atoms with Gasteiger partial charge in [-0.25, -0.2) is 4.68 Å². The second-order valence-electron chi connectivity index (χ2n) is 5.05. The quantitative estimate of drug-likeness (QED) is 0.888. The number of hydrogen-bond acceptors (Lipinski definition) is 4. The Labute approximate surface area is 122 Å². The van der Waals surface area contributed by atoms with Crippen molar-refractivity contribution in [3.05, 3.63) is 42.7 Å². The van der Waals surface area contributed by atoms with Gasteiger partial charge in [0.25, 0.3) is 5.91 Å². The molecule has 2 unspecified atom stereocenters. The van der Waals surface area contributed by atoms with Crippen LogP contribution >= 0.6 is 0 Å². The number of amides is 1. The normalized spacial score (nSPS) is 21.4. The van der Waals surface area contributed by atoms with Gasteiger partial charge in [0.15, 0.2) is 0 Å². The maximum absolute atomic E-state index is 12.2. The highest BCUT2D eigenvalue weighted by molar-refractivity contribution is 5.94. The van der Waals surface area contributed by atoms with Crippen LogP contribution in [-0.4, -0.2) is 34.4 Å². The summed E-state index contributed by atoms with van der Waals surface area (Å²) < 4.78 is 7.33. The third-order valence-electron chi connectivity index (χ3n) is 3.55. The number of carbonyl (C=O) groups is 1. The second-order valence-corrected chi connectivity index (χ2v) is 5.05. The van der Waals surface area contributed by atoms with Crippen molar-refractivity contribution >= 4 is 11.6 Å². The number of ether oxygens (including phenoxy) is 1. The first-order valence-electron chi connectivity index (χ1n) is 7.03. The van der Waals surface area contributed by atoms with Crippen molar-refractivity contribution in [2.24, 2.45) is 5.73 Å². The van der Waals surface area contributed by atoms with Crippen molar-refractivity contribution in [2.75, 3.05) is 11.9 Å². The smallest absolute Gasteiger partial charge is 0.253 e. The SMILES string of the molecule is NCC1CCC(C(=O)Nc2cccc(-n3cccn3)c2)O1. The molecular formula is C15H18N4O2. The Hall–Kier alpha value is -2.18. The summed E-state index contributed by atoms with van der Waals surface area (Å²) in [5, 5.41) is 7.06. The fourth-order valence-electron chi connectivity index (χ4n) is 2.44. The van der Waals surface area contributed by atoms with Crippen LogP contribution in [0, 0.1) is 0 Å². The van der Waals surface area contributed by atoms with Crippen LogP contribution in [0.1, 0.15) is 12.8 Å². The van der Waals surface area contributed by atoms with Gasteiger partial charge in [0.05, 0.1) is 11.8 Å². The monoisotopic (exact) mass is 286 g/mol. The van der Waals surface area contributed by atoms with Crippen molar-refractivity contribution in [3.63, 3.8) is 0 Å². The molecule has 0 radical (unpaired) electrons. The maximum atomic E-state index is 12.2. The zero-order valence-corrected chi connectivity index (χ0v) is 11.6. The number of anilines is 1. The average Bonchev–Trinajstić information content (AvgIpc) is 3.19. The minimum atomic E-state index is -0.410. The number of nitrogens with two attached hydrogens (primary N) is 1. The molecule has 1 saturated heterocycles. The minimum absolute atomic E-state index is 0.00356. The van der Waals surface area contributed by atoms with E-state index in [1.54, 1.807) is 10.9 Å². The molecule has 1 fully saturated rings. The van der Waals surface area contributed by atoms with E-state index in [1.165, 1.54) is 0 Å². The zero-order valence-electron chi connectivity index (χ0n) is 11.6. The number of nitrogens with one attached hydrogen (secondary N) is 1. The van der Waals surface area contributed by atoms with Crippen LogP contribution in [-0.2, 0) is 9.53 Å². The van der Waals surface area contributed by atoms with E-state index in [0.29, 0.717) is 13.0 Å². The van der Waals surface area contributed by atoms with Gasteiger partial charge in [0.1, 0.15) is 6.10 Å². The molecular weight excluding hydrogens is 268 g/mol. The Morgan fingerprint density at radius 2 is 2.33 bits per heavy atom. The summed E-state index contributed by atoms with van der Waals surface area (Å²) in [7, 11) is 0. The summed E-state index contributed by atoms with van der Waals surface area (Å²) >= 11 is 0. The van der Waals surface area contributed by atoms with Gasteiger partial charge in [0, 0.05) is 24.6 Å². The topological polar surface area (TPSA) is 82.2 Å². The molecule has 1 aliphatic rings. The van der Waals surface area contributed by atoms with Crippen LogP contribution in [0.5, 0.6) is 0 Å². The molecule has 1 aliphatic heterocycles. The van der Waals surface area contributed by atoms with Crippen LogP contribution in [0.2, 0.25) is 0 Å². The predicted octanol–water partition coefficient (Wildman–Crippen LogP) is 1.32. The molecule has 21 heavy (non-hydrogen) atoms. The largest absolute Gasteiger partial charge is 0.364 e. The van der Waals surface area contributed by atoms with Gasteiger partial charge in [-0.3, -0.25) is 4.79 Å².